The van der Waals surface area contributed by atoms with Gasteiger partial charge in [0.15, 0.2) is 6.10 Å². The molecular formula is C7H11N3O5. The molecule has 0 spiro atoms. The molecule has 15 heavy (non-hydrogen) atoms. The van der Waals surface area contributed by atoms with Crippen LogP contribution in [0.4, 0.5) is 0 Å². The standard InChI is InChI=1S/C7H11N3O5/c1-14-7(13)6-4(9-10-8)5(12)3(2-11)15-6/h3-6,11-12H,2H2,1H3/t3-,4+,5-,6+/m1/s1. The van der Waals surface area contributed by atoms with Crippen molar-refractivity contribution in [2.45, 2.75) is 24.4 Å². The Morgan fingerprint density at radius 2 is 2.40 bits per heavy atom. The van der Waals surface area contributed by atoms with Gasteiger partial charge in [-0.1, -0.05) is 5.11 Å². The Morgan fingerprint density at radius 1 is 1.73 bits per heavy atom. The lowest BCUT2D eigenvalue weighted by Crippen LogP contribution is -2.35. The van der Waals surface area contributed by atoms with Crippen LogP contribution < -0.4 is 0 Å². The Balaban J connectivity index is 2.86. The average Bonchev–Trinajstić information content (AvgIpc) is 2.56. The van der Waals surface area contributed by atoms with Gasteiger partial charge in [-0.15, -0.1) is 0 Å². The zero-order chi connectivity index (χ0) is 11.4. The van der Waals surface area contributed by atoms with Gasteiger partial charge in [-0.3, -0.25) is 0 Å². The van der Waals surface area contributed by atoms with Crippen molar-refractivity contribution in [3.8, 4) is 0 Å². The van der Waals surface area contributed by atoms with Crippen molar-refractivity contribution in [3.05, 3.63) is 10.4 Å². The third kappa shape index (κ3) is 2.18. The fraction of sp³-hybridized carbons (Fsp3) is 0.857. The molecule has 0 aromatic rings. The monoisotopic (exact) mass is 217 g/mol. The molecule has 1 aliphatic heterocycles. The van der Waals surface area contributed by atoms with Crippen molar-refractivity contribution >= 4 is 5.97 Å². The van der Waals surface area contributed by atoms with Crippen LogP contribution in [0.5, 0.6) is 0 Å². The normalized spacial score (nSPS) is 34.6. The lowest BCUT2D eigenvalue weighted by molar-refractivity contribution is -0.154. The van der Waals surface area contributed by atoms with Crippen molar-refractivity contribution in [1.29, 1.82) is 0 Å². The fourth-order valence-electron chi connectivity index (χ4n) is 1.40. The summed E-state index contributed by atoms with van der Waals surface area (Å²) in [6.45, 7) is -0.466. The van der Waals surface area contributed by atoms with Crippen LogP contribution in [-0.2, 0) is 14.3 Å². The third-order valence-corrected chi connectivity index (χ3v) is 2.16. The number of carbonyl (C=O) groups is 1. The van der Waals surface area contributed by atoms with E-state index in [9.17, 15) is 9.90 Å². The Hall–Kier alpha value is -1.34. The molecule has 0 saturated carbocycles. The van der Waals surface area contributed by atoms with Gasteiger partial charge >= 0.3 is 5.97 Å². The van der Waals surface area contributed by atoms with Gasteiger partial charge < -0.3 is 19.7 Å². The zero-order valence-electron chi connectivity index (χ0n) is 7.98. The molecule has 84 valence electrons. The first kappa shape index (κ1) is 11.7. The van der Waals surface area contributed by atoms with E-state index >= 15 is 0 Å². The van der Waals surface area contributed by atoms with Gasteiger partial charge in [0.2, 0.25) is 0 Å². The number of carbonyl (C=O) groups excluding carboxylic acids is 1. The first-order valence-electron chi connectivity index (χ1n) is 4.22. The average molecular weight is 217 g/mol. The molecule has 1 fully saturated rings. The van der Waals surface area contributed by atoms with Gasteiger partial charge in [0.05, 0.1) is 19.8 Å². The molecule has 0 amide bonds. The maximum Gasteiger partial charge on any atom is 0.335 e. The second-order valence-corrected chi connectivity index (χ2v) is 2.99. The Bertz CT molecular complexity index is 290. The number of hydrogen-bond donors (Lipinski definition) is 2. The summed E-state index contributed by atoms with van der Waals surface area (Å²) in [5, 5.41) is 21.6. The van der Waals surface area contributed by atoms with Crippen LogP contribution >= 0.6 is 0 Å². The molecule has 1 saturated heterocycles. The van der Waals surface area contributed by atoms with Crippen LogP contribution in [0.3, 0.4) is 0 Å². The molecule has 0 radical (unpaired) electrons. The number of azide groups is 1. The summed E-state index contributed by atoms with van der Waals surface area (Å²) in [6, 6.07) is -1.07. The number of aliphatic hydroxyl groups excluding tert-OH is 2. The minimum Gasteiger partial charge on any atom is -0.467 e. The summed E-state index contributed by atoms with van der Waals surface area (Å²) in [4.78, 5) is 13.7. The molecule has 1 aliphatic rings. The van der Waals surface area contributed by atoms with Crippen molar-refractivity contribution in [2.24, 2.45) is 5.11 Å². The van der Waals surface area contributed by atoms with Gasteiger partial charge in [0.1, 0.15) is 12.1 Å². The zero-order valence-corrected chi connectivity index (χ0v) is 7.98. The lowest BCUT2D eigenvalue weighted by atomic mass is 10.1. The Labute approximate surface area is 85.0 Å². The first-order chi connectivity index (χ1) is 7.15. The molecule has 1 heterocycles. The van der Waals surface area contributed by atoms with Crippen molar-refractivity contribution in [3.63, 3.8) is 0 Å². The Morgan fingerprint density at radius 3 is 2.87 bits per heavy atom. The Kier molecular flexibility index (Phi) is 3.87. The largest absolute Gasteiger partial charge is 0.467 e. The molecule has 2 N–H and O–H groups in total. The van der Waals surface area contributed by atoms with Crippen LogP contribution in [0.15, 0.2) is 5.11 Å². The summed E-state index contributed by atoms with van der Waals surface area (Å²) in [7, 11) is 1.15. The van der Waals surface area contributed by atoms with E-state index in [1.165, 1.54) is 0 Å². The minimum absolute atomic E-state index is 0.466. The van der Waals surface area contributed by atoms with Crippen LogP contribution in [0.1, 0.15) is 0 Å². The first-order valence-corrected chi connectivity index (χ1v) is 4.22. The summed E-state index contributed by atoms with van der Waals surface area (Å²) in [5.74, 6) is -0.748. The SMILES string of the molecule is COC(=O)[C@H]1O[C@H](CO)[C@@H](O)[C@@H]1N=[N+]=[N-]. The fourth-order valence-corrected chi connectivity index (χ4v) is 1.40. The summed E-state index contributed by atoms with van der Waals surface area (Å²) < 4.78 is 9.41. The van der Waals surface area contributed by atoms with Crippen LogP contribution in [0.25, 0.3) is 10.4 Å². The van der Waals surface area contributed by atoms with E-state index in [-0.39, 0.29) is 0 Å². The quantitative estimate of drug-likeness (QED) is 0.270. The van der Waals surface area contributed by atoms with E-state index in [4.69, 9.17) is 15.4 Å². The highest BCUT2D eigenvalue weighted by Crippen LogP contribution is 2.24. The minimum atomic E-state index is -1.21. The number of aliphatic hydroxyl groups is 2. The van der Waals surface area contributed by atoms with Crippen molar-refractivity contribution in [1.82, 2.24) is 0 Å². The maximum atomic E-state index is 11.2. The van der Waals surface area contributed by atoms with Crippen molar-refractivity contribution in [2.75, 3.05) is 13.7 Å². The summed E-state index contributed by atoms with van der Waals surface area (Å²) in [5.41, 5.74) is 8.25. The molecule has 0 aliphatic carbocycles. The number of nitrogens with zero attached hydrogens (tertiary/aromatic N) is 3. The van der Waals surface area contributed by atoms with E-state index in [2.05, 4.69) is 14.8 Å². The van der Waals surface area contributed by atoms with Gasteiger partial charge in [-0.05, 0) is 5.53 Å². The number of ether oxygens (including phenoxy) is 2. The highest BCUT2D eigenvalue weighted by molar-refractivity contribution is 5.76. The molecule has 0 aromatic carbocycles. The summed E-state index contributed by atoms with van der Waals surface area (Å²) in [6.07, 6.45) is -3.32. The maximum absolute atomic E-state index is 11.2. The van der Waals surface area contributed by atoms with E-state index in [0.29, 0.717) is 0 Å². The predicted octanol–water partition coefficient (Wildman–Crippen LogP) is -1.04. The van der Waals surface area contributed by atoms with Crippen LogP contribution in [0, 0.1) is 0 Å². The second kappa shape index (κ2) is 4.94. The highest BCUT2D eigenvalue weighted by Gasteiger charge is 2.47. The number of esters is 1. The van der Waals surface area contributed by atoms with Crippen molar-refractivity contribution < 1.29 is 24.5 Å². The molecule has 1 rings (SSSR count). The predicted molar refractivity (Wildman–Crippen MR) is 46.7 cm³/mol. The molecule has 8 nitrogen and oxygen atoms in total. The van der Waals surface area contributed by atoms with Gasteiger partial charge in [0, 0.05) is 4.91 Å². The number of rotatable bonds is 3. The molecule has 8 heteroatoms. The molecule has 0 bridgehead atoms. The second-order valence-electron chi connectivity index (χ2n) is 2.99. The lowest BCUT2D eigenvalue weighted by Gasteiger charge is -2.11. The van der Waals surface area contributed by atoms with Gasteiger partial charge in [-0.2, -0.15) is 0 Å². The van der Waals surface area contributed by atoms with Crippen LogP contribution in [0.2, 0.25) is 0 Å². The van der Waals surface area contributed by atoms with Gasteiger partial charge in [-0.25, -0.2) is 4.79 Å². The summed E-state index contributed by atoms with van der Waals surface area (Å²) >= 11 is 0. The number of methoxy groups -OCH3 is 1. The van der Waals surface area contributed by atoms with E-state index in [0.717, 1.165) is 7.11 Å². The van der Waals surface area contributed by atoms with E-state index < -0.39 is 36.9 Å². The highest BCUT2D eigenvalue weighted by atomic mass is 16.6. The van der Waals surface area contributed by atoms with Gasteiger partial charge in [0.25, 0.3) is 0 Å². The molecule has 0 unspecified atom stereocenters. The topological polar surface area (TPSA) is 125 Å². The van der Waals surface area contributed by atoms with E-state index in [1.54, 1.807) is 0 Å². The smallest absolute Gasteiger partial charge is 0.335 e. The molecular weight excluding hydrogens is 206 g/mol. The van der Waals surface area contributed by atoms with Crippen LogP contribution in [-0.4, -0.2) is 54.3 Å². The third-order valence-electron chi connectivity index (χ3n) is 2.16. The molecule has 4 atom stereocenters. The number of hydrogen-bond acceptors (Lipinski definition) is 6. The molecule has 0 aromatic heterocycles. The van der Waals surface area contributed by atoms with E-state index in [1.807, 2.05) is 0 Å².